The minimum Gasteiger partial charge on any atom is -0.507 e. The summed E-state index contributed by atoms with van der Waals surface area (Å²) in [5.74, 6) is -3.84. The maximum atomic E-state index is 14.6. The van der Waals surface area contributed by atoms with Gasteiger partial charge in [-0.2, -0.15) is 0 Å². The number of unbranched alkanes of at least 4 members (excludes halogenated alkanes) is 46. The zero-order chi connectivity index (χ0) is 54.5. The quantitative estimate of drug-likeness (QED) is 0.0479. The lowest BCUT2D eigenvalue weighted by Crippen LogP contribution is -2.15. The summed E-state index contributed by atoms with van der Waals surface area (Å²) in [5.41, 5.74) is -0.466. The maximum Gasteiger partial charge on any atom is 0.336 e. The van der Waals surface area contributed by atoms with E-state index in [1.165, 1.54) is 256 Å². The predicted octanol–water partition coefficient (Wildman–Crippen LogP) is 21.2. The molecule has 9 heteroatoms. The molecule has 0 aliphatic rings. The Morgan fingerprint density at radius 2 is 0.480 bits per heavy atom. The van der Waals surface area contributed by atoms with Crippen LogP contribution in [0.1, 0.15) is 354 Å². The first-order chi connectivity index (χ1) is 36.6. The molecule has 432 valence electrons. The van der Waals surface area contributed by atoms with E-state index >= 15 is 0 Å². The summed E-state index contributed by atoms with van der Waals surface area (Å²) < 4.78 is 29.3. The topological polar surface area (TPSA) is 149 Å². The Kier molecular flexibility index (Phi) is 41.6. The molecule has 0 saturated carbocycles. The summed E-state index contributed by atoms with van der Waals surface area (Å²) in [6, 6.07) is 4.58. The first-order valence-electron chi connectivity index (χ1n) is 32.0. The van der Waals surface area contributed by atoms with Crippen LogP contribution in [-0.4, -0.2) is 40.8 Å². The van der Waals surface area contributed by atoms with E-state index in [4.69, 9.17) is 0 Å². The Bertz CT molecular complexity index is 1710. The Labute approximate surface area is 460 Å². The van der Waals surface area contributed by atoms with Gasteiger partial charge in [0.25, 0.3) is 0 Å². The molecule has 0 heterocycles. The van der Waals surface area contributed by atoms with Crippen molar-refractivity contribution in [3.63, 3.8) is 0 Å². The number of phenols is 2. The number of carbonyl (C=O) groups is 2. The van der Waals surface area contributed by atoms with Crippen molar-refractivity contribution in [3.05, 3.63) is 46.5 Å². The lowest BCUT2D eigenvalue weighted by molar-refractivity contribution is 0.0684. The van der Waals surface area contributed by atoms with Gasteiger partial charge < -0.3 is 20.4 Å². The van der Waals surface area contributed by atoms with E-state index < -0.39 is 43.1 Å². The molecule has 75 heavy (non-hydrogen) atoms. The van der Waals surface area contributed by atoms with Gasteiger partial charge in [-0.25, -0.2) is 18.0 Å². The monoisotopic (exact) mass is 1070 g/mol. The molecule has 2 rings (SSSR count). The van der Waals surface area contributed by atoms with Crippen LogP contribution in [0.3, 0.4) is 0 Å². The molecule has 0 atom stereocenters. The van der Waals surface area contributed by atoms with Crippen LogP contribution < -0.4 is 0 Å². The fourth-order valence-electron chi connectivity index (χ4n) is 11.4. The normalized spacial score (nSPS) is 11.8. The van der Waals surface area contributed by atoms with Gasteiger partial charge in [0.1, 0.15) is 21.3 Å². The van der Waals surface area contributed by atoms with Crippen molar-refractivity contribution < 1.29 is 38.4 Å². The van der Waals surface area contributed by atoms with Crippen LogP contribution in [0.2, 0.25) is 0 Å². The van der Waals surface area contributed by atoms with Crippen molar-refractivity contribution in [2.75, 3.05) is 0 Å². The van der Waals surface area contributed by atoms with E-state index in [1.54, 1.807) is 0 Å². The number of hydrogen-bond acceptors (Lipinski definition) is 6. The van der Waals surface area contributed by atoms with E-state index in [2.05, 4.69) is 13.8 Å². The minimum absolute atomic E-state index is 0.0119. The van der Waals surface area contributed by atoms with E-state index in [1.807, 2.05) is 0 Å². The molecule has 0 fully saturated rings. The number of carboxylic acids is 2. The molecular weight excluding hydrogens is 953 g/mol. The first-order valence-corrected chi connectivity index (χ1v) is 33.5. The molecule has 0 aliphatic carbocycles. The number of aromatic carboxylic acids is 2. The van der Waals surface area contributed by atoms with E-state index in [0.717, 1.165) is 63.5 Å². The average Bonchev–Trinajstić information content (AvgIpc) is 3.38. The summed E-state index contributed by atoms with van der Waals surface area (Å²) in [7, 11) is -4.76. The van der Waals surface area contributed by atoms with Crippen LogP contribution in [0.4, 0.5) is 0 Å². The molecule has 8 nitrogen and oxygen atoms in total. The Morgan fingerprint density at radius 1 is 0.307 bits per heavy atom. The SMILES string of the molecule is CCCCCCCCCCCCCCCCCCCCCCCCCCc1c(C(=O)O)ccc(O)c1S(=O)(=O)c1c(O)ccc(C(=O)O)c1CCCCCCCCCCCCCCCCCCCCCCCCCC. The third-order valence-corrected chi connectivity index (χ3v) is 18.0. The van der Waals surface area contributed by atoms with Gasteiger partial charge in [-0.1, -0.05) is 309 Å². The first kappa shape index (κ1) is 68.0. The van der Waals surface area contributed by atoms with Crippen LogP contribution in [-0.2, 0) is 22.7 Å². The van der Waals surface area contributed by atoms with Gasteiger partial charge >= 0.3 is 11.9 Å². The second kappa shape index (κ2) is 45.9. The number of carboxylic acid groups (broad SMARTS) is 2. The highest BCUT2D eigenvalue weighted by atomic mass is 32.2. The van der Waals surface area contributed by atoms with Crippen molar-refractivity contribution in [2.24, 2.45) is 0 Å². The smallest absolute Gasteiger partial charge is 0.336 e. The molecule has 0 unspecified atom stereocenters. The maximum absolute atomic E-state index is 14.6. The fourth-order valence-corrected chi connectivity index (χ4v) is 13.3. The van der Waals surface area contributed by atoms with Crippen LogP contribution in [0.25, 0.3) is 0 Å². The van der Waals surface area contributed by atoms with Gasteiger partial charge in [0.2, 0.25) is 9.84 Å². The highest BCUT2D eigenvalue weighted by Gasteiger charge is 2.34. The number of aromatic hydroxyl groups is 2. The summed E-state index contributed by atoms with van der Waals surface area (Å²) in [4.78, 5) is 23.8. The van der Waals surface area contributed by atoms with Gasteiger partial charge in [-0.05, 0) is 61.1 Å². The lowest BCUT2D eigenvalue weighted by atomic mass is 9.99. The van der Waals surface area contributed by atoms with Crippen LogP contribution in [0, 0.1) is 0 Å². The fraction of sp³-hybridized carbons (Fsp3) is 0.788. The second-order valence-electron chi connectivity index (χ2n) is 22.8. The largest absolute Gasteiger partial charge is 0.507 e. The van der Waals surface area contributed by atoms with Crippen molar-refractivity contribution in [1.29, 1.82) is 0 Å². The molecule has 0 spiro atoms. The molecule has 2 aromatic rings. The van der Waals surface area contributed by atoms with Crippen LogP contribution >= 0.6 is 0 Å². The molecule has 0 aliphatic heterocycles. The third-order valence-electron chi connectivity index (χ3n) is 16.0. The highest BCUT2D eigenvalue weighted by molar-refractivity contribution is 7.91. The number of sulfone groups is 1. The average molecular weight is 1070 g/mol. The second-order valence-corrected chi connectivity index (χ2v) is 24.6. The highest BCUT2D eigenvalue weighted by Crippen LogP contribution is 2.41. The molecule has 0 aromatic heterocycles. The van der Waals surface area contributed by atoms with Crippen molar-refractivity contribution in [2.45, 2.75) is 345 Å². The van der Waals surface area contributed by atoms with Crippen molar-refractivity contribution in [1.82, 2.24) is 0 Å². The van der Waals surface area contributed by atoms with Gasteiger partial charge in [0, 0.05) is 0 Å². The number of rotatable bonds is 54. The molecule has 0 radical (unpaired) electrons. The Hall–Kier alpha value is -3.07. The molecule has 0 bridgehead atoms. The van der Waals surface area contributed by atoms with Crippen molar-refractivity contribution >= 4 is 21.8 Å². The van der Waals surface area contributed by atoms with Gasteiger partial charge in [-0.15, -0.1) is 0 Å². The molecule has 0 saturated heterocycles. The molecule has 2 aromatic carbocycles. The summed E-state index contributed by atoms with van der Waals surface area (Å²) in [6.45, 7) is 4.56. The van der Waals surface area contributed by atoms with Gasteiger partial charge in [0.05, 0.1) is 11.1 Å². The van der Waals surface area contributed by atoms with E-state index in [-0.39, 0.29) is 35.1 Å². The van der Waals surface area contributed by atoms with Crippen LogP contribution in [0.5, 0.6) is 11.5 Å². The number of benzene rings is 2. The summed E-state index contributed by atoms with van der Waals surface area (Å²) >= 11 is 0. The number of hydrogen-bond donors (Lipinski definition) is 4. The molecule has 4 N–H and O–H groups in total. The Morgan fingerprint density at radius 3 is 0.653 bits per heavy atom. The van der Waals surface area contributed by atoms with Crippen molar-refractivity contribution in [3.8, 4) is 11.5 Å². The zero-order valence-electron chi connectivity index (χ0n) is 48.5. The molecule has 0 amide bonds. The summed E-state index contributed by atoms with van der Waals surface area (Å²) in [6.07, 6.45) is 60.8. The third kappa shape index (κ3) is 31.8. The van der Waals surface area contributed by atoms with Crippen LogP contribution in [0.15, 0.2) is 34.1 Å². The van der Waals surface area contributed by atoms with Gasteiger partial charge in [0.15, 0.2) is 0 Å². The summed E-state index contributed by atoms with van der Waals surface area (Å²) in [5, 5.41) is 42.6. The predicted molar refractivity (Wildman–Crippen MR) is 316 cm³/mol. The van der Waals surface area contributed by atoms with E-state index in [9.17, 15) is 38.4 Å². The minimum atomic E-state index is -4.76. The zero-order valence-corrected chi connectivity index (χ0v) is 49.3. The Balaban J connectivity index is 1.71. The van der Waals surface area contributed by atoms with E-state index in [0.29, 0.717) is 12.8 Å². The number of phenolic OH excluding ortho intramolecular Hbond substituents is 2. The molecular formula is C66H114O8S. The lowest BCUT2D eigenvalue weighted by Gasteiger charge is -2.19. The standard InChI is InChI=1S/C66H114O8S/c1-3-5-7-9-11-13-15-17-19-21-23-25-27-29-31-33-35-37-39-41-43-45-47-49-51-57-59(65(69)70)53-55-61(67)63(57)75(73,74)64-58(60(66(71)72)54-56-62(64)68)52-50-48-46-44-42-40-38-36-34-32-30-28-26-24-22-20-18-16-14-12-10-8-6-4-2/h53-56,67-68H,3-52H2,1-2H3,(H,69,70)(H,71,72). The van der Waals surface area contributed by atoms with Gasteiger partial charge in [-0.3, -0.25) is 0 Å².